The summed E-state index contributed by atoms with van der Waals surface area (Å²) in [7, 11) is 1.64. The number of aromatic nitrogens is 2. The zero-order valence-electron chi connectivity index (χ0n) is 15.2. The number of rotatable bonds is 4. The maximum Gasteiger partial charge on any atom is 0.249 e. The molecule has 6 heteroatoms. The van der Waals surface area contributed by atoms with Crippen LogP contribution in [-0.2, 0) is 4.79 Å². The summed E-state index contributed by atoms with van der Waals surface area (Å²) in [6.07, 6.45) is 7.39. The van der Waals surface area contributed by atoms with Crippen molar-refractivity contribution in [1.82, 2.24) is 15.0 Å². The molecule has 1 amide bonds. The first-order valence-corrected chi connectivity index (χ1v) is 9.55. The lowest BCUT2D eigenvalue weighted by molar-refractivity contribution is -0.140. The molecule has 0 radical (unpaired) electrons. The standard InChI is InChI=1S/C20H25N3O3/c1-25-16-11-9-14(10-12-16)18-21-19(26-22-18)17-8-4-5-13-23(17)20(24)15-6-2-3-7-15/h9-12,15,17H,2-8,13H2,1H3. The lowest BCUT2D eigenvalue weighted by atomic mass is 9.98. The van der Waals surface area contributed by atoms with Crippen LogP contribution in [0.2, 0.25) is 0 Å². The highest BCUT2D eigenvalue weighted by atomic mass is 16.5. The van der Waals surface area contributed by atoms with Crippen LogP contribution in [0.3, 0.4) is 0 Å². The van der Waals surface area contributed by atoms with Gasteiger partial charge in [-0.05, 0) is 56.4 Å². The molecule has 2 fully saturated rings. The van der Waals surface area contributed by atoms with Crippen molar-refractivity contribution >= 4 is 5.91 Å². The molecular formula is C20H25N3O3. The predicted octanol–water partition coefficient (Wildman–Crippen LogP) is 3.99. The van der Waals surface area contributed by atoms with E-state index in [0.717, 1.165) is 62.8 Å². The number of benzene rings is 1. The monoisotopic (exact) mass is 355 g/mol. The maximum atomic E-state index is 13.0. The molecule has 1 aromatic carbocycles. The zero-order chi connectivity index (χ0) is 17.9. The zero-order valence-corrected chi connectivity index (χ0v) is 15.2. The number of amides is 1. The summed E-state index contributed by atoms with van der Waals surface area (Å²) >= 11 is 0. The second kappa shape index (κ2) is 7.48. The summed E-state index contributed by atoms with van der Waals surface area (Å²) in [5.41, 5.74) is 0.880. The number of carbonyl (C=O) groups is 1. The molecule has 1 aromatic heterocycles. The largest absolute Gasteiger partial charge is 0.497 e. The van der Waals surface area contributed by atoms with Crippen molar-refractivity contribution in [2.75, 3.05) is 13.7 Å². The van der Waals surface area contributed by atoms with E-state index < -0.39 is 0 Å². The molecular weight excluding hydrogens is 330 g/mol. The van der Waals surface area contributed by atoms with Crippen molar-refractivity contribution in [2.24, 2.45) is 5.92 Å². The van der Waals surface area contributed by atoms with Gasteiger partial charge < -0.3 is 14.2 Å². The van der Waals surface area contributed by atoms with Crippen LogP contribution in [0.15, 0.2) is 28.8 Å². The number of ether oxygens (including phenoxy) is 1. The summed E-state index contributed by atoms with van der Waals surface area (Å²) in [5.74, 6) is 2.36. The van der Waals surface area contributed by atoms with Gasteiger partial charge in [0, 0.05) is 18.0 Å². The van der Waals surface area contributed by atoms with Gasteiger partial charge in [-0.15, -0.1) is 0 Å². The molecule has 0 spiro atoms. The predicted molar refractivity (Wildman–Crippen MR) is 96.5 cm³/mol. The van der Waals surface area contributed by atoms with E-state index in [1.807, 2.05) is 29.2 Å². The van der Waals surface area contributed by atoms with Crippen LogP contribution in [0.4, 0.5) is 0 Å². The fraction of sp³-hybridized carbons (Fsp3) is 0.550. The van der Waals surface area contributed by atoms with Gasteiger partial charge in [0.2, 0.25) is 17.6 Å². The van der Waals surface area contributed by atoms with E-state index in [9.17, 15) is 4.79 Å². The molecule has 2 aliphatic rings. The van der Waals surface area contributed by atoms with Gasteiger partial charge in [-0.25, -0.2) is 0 Å². The van der Waals surface area contributed by atoms with Gasteiger partial charge in [-0.1, -0.05) is 18.0 Å². The Labute approximate surface area is 153 Å². The molecule has 0 N–H and O–H groups in total. The molecule has 1 saturated heterocycles. The number of nitrogens with zero attached hydrogens (tertiary/aromatic N) is 3. The summed E-state index contributed by atoms with van der Waals surface area (Å²) in [5, 5.41) is 4.14. The number of methoxy groups -OCH3 is 1. The van der Waals surface area contributed by atoms with Gasteiger partial charge in [-0.2, -0.15) is 4.98 Å². The third-order valence-corrected chi connectivity index (χ3v) is 5.57. The molecule has 4 rings (SSSR count). The Morgan fingerprint density at radius 3 is 2.58 bits per heavy atom. The Bertz CT molecular complexity index is 750. The highest BCUT2D eigenvalue weighted by Crippen LogP contribution is 2.35. The molecule has 0 bridgehead atoms. The van der Waals surface area contributed by atoms with E-state index >= 15 is 0 Å². The van der Waals surface area contributed by atoms with Gasteiger partial charge in [0.15, 0.2) is 0 Å². The van der Waals surface area contributed by atoms with Crippen molar-refractivity contribution in [1.29, 1.82) is 0 Å². The van der Waals surface area contributed by atoms with Crippen LogP contribution in [0, 0.1) is 5.92 Å². The van der Waals surface area contributed by atoms with Gasteiger partial charge in [0.05, 0.1) is 7.11 Å². The van der Waals surface area contributed by atoms with Crippen LogP contribution in [0.5, 0.6) is 5.75 Å². The third kappa shape index (κ3) is 3.32. The van der Waals surface area contributed by atoms with Gasteiger partial charge in [0.25, 0.3) is 0 Å². The number of hydrogen-bond donors (Lipinski definition) is 0. The minimum atomic E-state index is -0.0867. The fourth-order valence-corrected chi connectivity index (χ4v) is 4.09. The fourth-order valence-electron chi connectivity index (χ4n) is 4.09. The second-order valence-corrected chi connectivity index (χ2v) is 7.21. The Morgan fingerprint density at radius 1 is 1.12 bits per heavy atom. The van der Waals surface area contributed by atoms with E-state index in [-0.39, 0.29) is 17.9 Å². The number of piperidine rings is 1. The van der Waals surface area contributed by atoms with Crippen molar-refractivity contribution in [3.8, 4) is 17.1 Å². The van der Waals surface area contributed by atoms with Crippen molar-refractivity contribution < 1.29 is 14.1 Å². The molecule has 26 heavy (non-hydrogen) atoms. The first-order valence-electron chi connectivity index (χ1n) is 9.55. The highest BCUT2D eigenvalue weighted by molar-refractivity contribution is 5.79. The average Bonchev–Trinajstić information content (AvgIpc) is 3.40. The van der Waals surface area contributed by atoms with E-state index in [0.29, 0.717) is 11.7 Å². The summed E-state index contributed by atoms with van der Waals surface area (Å²) in [6, 6.07) is 7.49. The lowest BCUT2D eigenvalue weighted by Gasteiger charge is -2.35. The molecule has 2 aromatic rings. The Hall–Kier alpha value is -2.37. The van der Waals surface area contributed by atoms with Gasteiger partial charge in [-0.3, -0.25) is 4.79 Å². The molecule has 2 heterocycles. The molecule has 1 saturated carbocycles. The smallest absolute Gasteiger partial charge is 0.249 e. The Morgan fingerprint density at radius 2 is 1.85 bits per heavy atom. The third-order valence-electron chi connectivity index (χ3n) is 5.57. The maximum absolute atomic E-state index is 13.0. The quantitative estimate of drug-likeness (QED) is 0.829. The van der Waals surface area contributed by atoms with Crippen LogP contribution < -0.4 is 4.74 Å². The Balaban J connectivity index is 1.54. The molecule has 1 aliphatic carbocycles. The van der Waals surface area contributed by atoms with Gasteiger partial charge in [0.1, 0.15) is 11.8 Å². The summed E-state index contributed by atoms with van der Waals surface area (Å²) in [4.78, 5) is 19.6. The minimum Gasteiger partial charge on any atom is -0.497 e. The molecule has 138 valence electrons. The van der Waals surface area contributed by atoms with E-state index in [2.05, 4.69) is 10.1 Å². The van der Waals surface area contributed by atoms with Crippen molar-refractivity contribution in [2.45, 2.75) is 51.0 Å². The van der Waals surface area contributed by atoms with Crippen LogP contribution in [-0.4, -0.2) is 34.6 Å². The van der Waals surface area contributed by atoms with Crippen LogP contribution in [0.1, 0.15) is 56.9 Å². The van der Waals surface area contributed by atoms with Crippen molar-refractivity contribution in [3.63, 3.8) is 0 Å². The number of hydrogen-bond acceptors (Lipinski definition) is 5. The summed E-state index contributed by atoms with van der Waals surface area (Å²) < 4.78 is 10.8. The Kier molecular flexibility index (Phi) is 4.91. The molecule has 1 unspecified atom stereocenters. The van der Waals surface area contributed by atoms with Gasteiger partial charge >= 0.3 is 0 Å². The van der Waals surface area contributed by atoms with Crippen LogP contribution in [0.25, 0.3) is 11.4 Å². The normalized spacial score (nSPS) is 21.1. The lowest BCUT2D eigenvalue weighted by Crippen LogP contribution is -2.41. The second-order valence-electron chi connectivity index (χ2n) is 7.21. The van der Waals surface area contributed by atoms with E-state index in [1.54, 1.807) is 7.11 Å². The molecule has 1 atom stereocenters. The number of likely N-dealkylation sites (tertiary alicyclic amines) is 1. The first-order chi connectivity index (χ1) is 12.8. The highest BCUT2D eigenvalue weighted by Gasteiger charge is 2.36. The first kappa shape index (κ1) is 17.1. The topological polar surface area (TPSA) is 68.5 Å². The SMILES string of the molecule is COc1ccc(-c2noc(C3CCCCN3C(=O)C3CCCC3)n2)cc1. The summed E-state index contributed by atoms with van der Waals surface area (Å²) in [6.45, 7) is 0.792. The van der Waals surface area contributed by atoms with Crippen molar-refractivity contribution in [3.05, 3.63) is 30.2 Å². The van der Waals surface area contributed by atoms with E-state index in [1.165, 1.54) is 0 Å². The average molecular weight is 355 g/mol. The minimum absolute atomic E-state index is 0.0867. The van der Waals surface area contributed by atoms with E-state index in [4.69, 9.17) is 9.26 Å². The molecule has 1 aliphatic heterocycles. The molecule has 6 nitrogen and oxygen atoms in total. The number of carbonyl (C=O) groups excluding carboxylic acids is 1. The van der Waals surface area contributed by atoms with Crippen LogP contribution >= 0.6 is 0 Å².